The molecule has 1 atom stereocenters. The van der Waals surface area contributed by atoms with Gasteiger partial charge in [-0.2, -0.15) is 17.4 Å². The van der Waals surface area contributed by atoms with Gasteiger partial charge in [-0.1, -0.05) is 0 Å². The molecule has 2 rings (SSSR count). The topological polar surface area (TPSA) is 84.7 Å². The summed E-state index contributed by atoms with van der Waals surface area (Å²) in [4.78, 5) is 0. The van der Waals surface area contributed by atoms with Gasteiger partial charge in [0, 0.05) is 30.8 Å². The lowest BCUT2D eigenvalue weighted by atomic mass is 9.90. The highest BCUT2D eigenvalue weighted by molar-refractivity contribution is 7.87. The van der Waals surface area contributed by atoms with Gasteiger partial charge in [-0.3, -0.25) is 0 Å². The van der Waals surface area contributed by atoms with Crippen LogP contribution in [0.25, 0.3) is 0 Å². The molecule has 23 heavy (non-hydrogen) atoms. The van der Waals surface area contributed by atoms with Crippen LogP contribution in [0.2, 0.25) is 0 Å². The third-order valence-electron chi connectivity index (χ3n) is 3.89. The predicted octanol–water partition coefficient (Wildman–Crippen LogP) is 2.47. The highest BCUT2D eigenvalue weighted by Crippen LogP contribution is 2.40. The zero-order valence-electron chi connectivity index (χ0n) is 14.2. The maximum absolute atomic E-state index is 12.5. The van der Waals surface area contributed by atoms with E-state index >= 15 is 0 Å². The van der Waals surface area contributed by atoms with Gasteiger partial charge >= 0.3 is 0 Å². The van der Waals surface area contributed by atoms with Gasteiger partial charge in [0.2, 0.25) is 0 Å². The van der Waals surface area contributed by atoms with E-state index in [2.05, 4.69) is 4.72 Å². The van der Waals surface area contributed by atoms with Crippen molar-refractivity contribution in [1.82, 2.24) is 9.03 Å². The Morgan fingerprint density at radius 1 is 1.39 bits per heavy atom. The van der Waals surface area contributed by atoms with E-state index < -0.39 is 15.8 Å². The summed E-state index contributed by atoms with van der Waals surface area (Å²) in [5.74, 6) is 0.672. The number of rotatable bonds is 4. The SMILES string of the molecule is CC(C)N(C)S(=O)(=O)NC1CC(C)(C)Oc2ccc(N)cc21.Cl. The molecule has 0 radical (unpaired) electrons. The Balaban J connectivity index is 0.00000264. The van der Waals surface area contributed by atoms with Crippen LogP contribution in [0, 0.1) is 0 Å². The van der Waals surface area contributed by atoms with Gasteiger partial charge in [0.05, 0.1) is 6.04 Å². The Morgan fingerprint density at radius 2 is 2.00 bits per heavy atom. The lowest BCUT2D eigenvalue weighted by Gasteiger charge is -2.38. The van der Waals surface area contributed by atoms with Gasteiger partial charge < -0.3 is 10.5 Å². The molecule has 6 nitrogen and oxygen atoms in total. The number of hydrogen-bond acceptors (Lipinski definition) is 4. The van der Waals surface area contributed by atoms with Crippen molar-refractivity contribution in [3.05, 3.63) is 23.8 Å². The van der Waals surface area contributed by atoms with Crippen LogP contribution in [0.15, 0.2) is 18.2 Å². The zero-order chi connectivity index (χ0) is 16.7. The van der Waals surface area contributed by atoms with Crippen molar-refractivity contribution in [1.29, 1.82) is 0 Å². The Bertz CT molecular complexity index is 662. The standard InChI is InChI=1S/C15H25N3O3S.ClH/c1-10(2)18(5)22(19,20)17-13-9-15(3,4)21-14-7-6-11(16)8-12(13)14;/h6-8,10,13,17H,9,16H2,1-5H3;1H. The van der Waals surface area contributed by atoms with Gasteiger partial charge in [0.1, 0.15) is 11.4 Å². The van der Waals surface area contributed by atoms with E-state index in [4.69, 9.17) is 10.5 Å². The van der Waals surface area contributed by atoms with Crippen molar-refractivity contribution in [2.24, 2.45) is 0 Å². The van der Waals surface area contributed by atoms with Crippen molar-refractivity contribution in [3.63, 3.8) is 0 Å². The fourth-order valence-corrected chi connectivity index (χ4v) is 3.81. The summed E-state index contributed by atoms with van der Waals surface area (Å²) >= 11 is 0. The van der Waals surface area contributed by atoms with Crippen LogP contribution in [0.4, 0.5) is 5.69 Å². The minimum Gasteiger partial charge on any atom is -0.487 e. The number of nitrogen functional groups attached to an aromatic ring is 1. The van der Waals surface area contributed by atoms with E-state index in [-0.39, 0.29) is 24.5 Å². The maximum Gasteiger partial charge on any atom is 0.279 e. The fraction of sp³-hybridized carbons (Fsp3) is 0.600. The molecule has 132 valence electrons. The summed E-state index contributed by atoms with van der Waals surface area (Å²) in [6, 6.07) is 4.83. The van der Waals surface area contributed by atoms with Gasteiger partial charge in [-0.05, 0) is 45.9 Å². The molecule has 1 aromatic carbocycles. The minimum atomic E-state index is -3.58. The highest BCUT2D eigenvalue weighted by Gasteiger charge is 2.37. The number of fused-ring (bicyclic) bond motifs is 1. The lowest BCUT2D eigenvalue weighted by molar-refractivity contribution is 0.0699. The van der Waals surface area contributed by atoms with Gasteiger partial charge in [0.25, 0.3) is 10.2 Å². The first kappa shape index (κ1) is 20.0. The molecule has 3 N–H and O–H groups in total. The highest BCUT2D eigenvalue weighted by atomic mass is 35.5. The Labute approximate surface area is 145 Å². The number of halogens is 1. The molecule has 0 bridgehead atoms. The van der Waals surface area contributed by atoms with Crippen molar-refractivity contribution >= 4 is 28.3 Å². The zero-order valence-corrected chi connectivity index (χ0v) is 15.8. The summed E-state index contributed by atoms with van der Waals surface area (Å²) in [6.07, 6.45) is 0.536. The molecule has 1 unspecified atom stereocenters. The average Bonchev–Trinajstić information content (AvgIpc) is 2.37. The molecule has 0 amide bonds. The molecule has 1 aliphatic rings. The first-order valence-electron chi connectivity index (χ1n) is 7.35. The molecule has 1 heterocycles. The largest absolute Gasteiger partial charge is 0.487 e. The third kappa shape index (κ3) is 4.50. The smallest absolute Gasteiger partial charge is 0.279 e. The average molecular weight is 364 g/mol. The van der Waals surface area contributed by atoms with Crippen LogP contribution in [0.3, 0.4) is 0 Å². The fourth-order valence-electron chi connectivity index (χ4n) is 2.52. The molecular formula is C15H26ClN3O3S. The predicted molar refractivity (Wildman–Crippen MR) is 95.1 cm³/mol. The molecule has 1 aromatic rings. The second-order valence-corrected chi connectivity index (χ2v) is 8.41. The van der Waals surface area contributed by atoms with Crippen molar-refractivity contribution in [2.45, 2.75) is 51.8 Å². The molecule has 0 spiro atoms. The summed E-state index contributed by atoms with van der Waals surface area (Å²) in [6.45, 7) is 7.55. The number of benzene rings is 1. The quantitative estimate of drug-likeness (QED) is 0.805. The Hall–Kier alpha value is -1.02. The molecule has 0 aliphatic carbocycles. The number of hydrogen-bond donors (Lipinski definition) is 2. The van der Waals surface area contributed by atoms with E-state index in [1.807, 2.05) is 27.7 Å². The molecule has 0 saturated heterocycles. The van der Waals surface area contributed by atoms with Crippen molar-refractivity contribution in [2.75, 3.05) is 12.8 Å². The minimum absolute atomic E-state index is 0. The lowest BCUT2D eigenvalue weighted by Crippen LogP contribution is -2.47. The van der Waals surface area contributed by atoms with Gasteiger partial charge in [-0.25, -0.2) is 0 Å². The van der Waals surface area contributed by atoms with Crippen molar-refractivity contribution in [3.8, 4) is 5.75 Å². The maximum atomic E-state index is 12.5. The molecule has 1 aliphatic heterocycles. The number of ether oxygens (including phenoxy) is 1. The van der Waals surface area contributed by atoms with Crippen molar-refractivity contribution < 1.29 is 13.2 Å². The molecule has 8 heteroatoms. The van der Waals surface area contributed by atoms with Gasteiger partial charge in [0.15, 0.2) is 0 Å². The normalized spacial score (nSPS) is 19.9. The first-order valence-corrected chi connectivity index (χ1v) is 8.79. The molecular weight excluding hydrogens is 338 g/mol. The second-order valence-electron chi connectivity index (χ2n) is 6.65. The van der Waals surface area contributed by atoms with E-state index in [1.165, 1.54) is 4.31 Å². The molecule has 0 aromatic heterocycles. The number of nitrogens with zero attached hydrogens (tertiary/aromatic N) is 1. The number of nitrogens with two attached hydrogens (primary N) is 1. The van der Waals surface area contributed by atoms with Crippen LogP contribution in [-0.2, 0) is 10.2 Å². The van der Waals surface area contributed by atoms with Gasteiger partial charge in [-0.15, -0.1) is 12.4 Å². The van der Waals surface area contributed by atoms with E-state index in [0.717, 1.165) is 5.56 Å². The second kappa shape index (κ2) is 6.84. The summed E-state index contributed by atoms with van der Waals surface area (Å²) in [5, 5.41) is 0. The Morgan fingerprint density at radius 3 is 2.57 bits per heavy atom. The summed E-state index contributed by atoms with van der Waals surface area (Å²) in [7, 11) is -2.01. The molecule has 0 saturated carbocycles. The van der Waals surface area contributed by atoms with E-state index in [9.17, 15) is 8.42 Å². The van der Waals surface area contributed by atoms with Crippen LogP contribution in [0.5, 0.6) is 5.75 Å². The Kier molecular flexibility index (Phi) is 5.96. The van der Waals surface area contributed by atoms with Crippen LogP contribution >= 0.6 is 12.4 Å². The van der Waals surface area contributed by atoms with Crippen LogP contribution in [0.1, 0.15) is 45.7 Å². The van der Waals surface area contributed by atoms with E-state index in [1.54, 1.807) is 25.2 Å². The number of anilines is 1. The monoisotopic (exact) mass is 363 g/mol. The summed E-state index contributed by atoms with van der Waals surface area (Å²) < 4.78 is 35.0. The van der Waals surface area contributed by atoms with Crippen LogP contribution < -0.4 is 15.2 Å². The first-order chi connectivity index (χ1) is 10.0. The number of nitrogens with one attached hydrogen (secondary N) is 1. The summed E-state index contributed by atoms with van der Waals surface area (Å²) in [5.41, 5.74) is 6.75. The van der Waals surface area contributed by atoms with Crippen LogP contribution in [-0.4, -0.2) is 31.4 Å². The molecule has 0 fully saturated rings. The van der Waals surface area contributed by atoms with E-state index in [0.29, 0.717) is 17.9 Å². The third-order valence-corrected chi connectivity index (χ3v) is 5.65.